The molecule has 150 valence electrons. The van der Waals surface area contributed by atoms with Gasteiger partial charge in [0.25, 0.3) is 5.91 Å². The number of piperidine rings is 1. The van der Waals surface area contributed by atoms with Gasteiger partial charge in [-0.3, -0.25) is 4.79 Å². The minimum absolute atomic E-state index is 0.0336. The van der Waals surface area contributed by atoms with Gasteiger partial charge in [0, 0.05) is 37.1 Å². The fourth-order valence-electron chi connectivity index (χ4n) is 3.47. The summed E-state index contributed by atoms with van der Waals surface area (Å²) in [6.45, 7) is 3.23. The lowest BCUT2D eigenvalue weighted by Crippen LogP contribution is -2.45. The van der Waals surface area contributed by atoms with E-state index in [9.17, 15) is 4.79 Å². The molecular formula is C20H19Cl2N5O2. The van der Waals surface area contributed by atoms with Crippen LogP contribution in [0, 0.1) is 6.92 Å². The molecule has 2 aromatic heterocycles. The molecule has 1 aliphatic heterocycles. The first-order valence-corrected chi connectivity index (χ1v) is 10.0. The summed E-state index contributed by atoms with van der Waals surface area (Å²) < 4.78 is 5.29. The fourth-order valence-corrected chi connectivity index (χ4v) is 4.05. The van der Waals surface area contributed by atoms with Crippen LogP contribution in [-0.4, -0.2) is 40.2 Å². The first kappa shape index (κ1) is 19.7. The summed E-state index contributed by atoms with van der Waals surface area (Å²) in [6, 6.07) is 6.98. The maximum Gasteiger partial charge on any atom is 0.257 e. The largest absolute Gasteiger partial charge is 0.360 e. The molecule has 0 atom stereocenters. The number of aryl methyl sites for hydroxylation is 1. The van der Waals surface area contributed by atoms with Crippen molar-refractivity contribution in [3.05, 3.63) is 58.0 Å². The molecule has 1 fully saturated rings. The van der Waals surface area contributed by atoms with E-state index in [2.05, 4.69) is 25.3 Å². The Morgan fingerprint density at radius 2 is 1.79 bits per heavy atom. The zero-order chi connectivity index (χ0) is 20.4. The molecule has 0 radical (unpaired) electrons. The van der Waals surface area contributed by atoms with Gasteiger partial charge in [0.1, 0.15) is 17.0 Å². The Morgan fingerprint density at radius 3 is 2.45 bits per heavy atom. The van der Waals surface area contributed by atoms with Crippen molar-refractivity contribution < 1.29 is 9.32 Å². The van der Waals surface area contributed by atoms with Crippen LogP contribution in [0.2, 0.25) is 10.0 Å². The van der Waals surface area contributed by atoms with Crippen LogP contribution in [0.4, 0.5) is 5.95 Å². The van der Waals surface area contributed by atoms with Crippen LogP contribution in [0.25, 0.3) is 11.3 Å². The summed E-state index contributed by atoms with van der Waals surface area (Å²) in [5.41, 5.74) is 1.20. The van der Waals surface area contributed by atoms with Crippen molar-refractivity contribution in [1.29, 1.82) is 0 Å². The van der Waals surface area contributed by atoms with Gasteiger partial charge in [-0.1, -0.05) is 34.4 Å². The highest BCUT2D eigenvalue weighted by Crippen LogP contribution is 2.36. The second-order valence-corrected chi connectivity index (χ2v) is 7.66. The predicted octanol–water partition coefficient (Wildman–Crippen LogP) is 4.15. The molecule has 29 heavy (non-hydrogen) atoms. The Bertz CT molecular complexity index is 997. The molecule has 1 amide bonds. The van der Waals surface area contributed by atoms with Crippen LogP contribution in [0.5, 0.6) is 0 Å². The lowest BCUT2D eigenvalue weighted by molar-refractivity contribution is 0.0930. The first-order valence-electron chi connectivity index (χ1n) is 9.28. The number of amides is 1. The van der Waals surface area contributed by atoms with Crippen LogP contribution < -0.4 is 10.2 Å². The second kappa shape index (κ2) is 8.39. The molecule has 0 spiro atoms. The Kier molecular flexibility index (Phi) is 5.69. The number of carbonyl (C=O) groups is 1. The smallest absolute Gasteiger partial charge is 0.257 e. The molecule has 1 aromatic carbocycles. The van der Waals surface area contributed by atoms with Gasteiger partial charge in [0.2, 0.25) is 5.95 Å². The number of halogens is 2. The van der Waals surface area contributed by atoms with Crippen molar-refractivity contribution in [3.63, 3.8) is 0 Å². The van der Waals surface area contributed by atoms with Crippen molar-refractivity contribution >= 4 is 35.1 Å². The molecule has 0 saturated carbocycles. The van der Waals surface area contributed by atoms with E-state index in [1.165, 1.54) is 0 Å². The maximum atomic E-state index is 13.0. The topological polar surface area (TPSA) is 84.2 Å². The van der Waals surface area contributed by atoms with Gasteiger partial charge >= 0.3 is 0 Å². The lowest BCUT2D eigenvalue weighted by Gasteiger charge is -2.32. The predicted molar refractivity (Wildman–Crippen MR) is 111 cm³/mol. The zero-order valence-electron chi connectivity index (χ0n) is 15.7. The molecule has 4 rings (SSSR count). The minimum Gasteiger partial charge on any atom is -0.360 e. The van der Waals surface area contributed by atoms with E-state index >= 15 is 0 Å². The second-order valence-electron chi connectivity index (χ2n) is 6.84. The highest BCUT2D eigenvalue weighted by molar-refractivity contribution is 6.39. The van der Waals surface area contributed by atoms with Crippen molar-refractivity contribution in [1.82, 2.24) is 20.4 Å². The summed E-state index contributed by atoms with van der Waals surface area (Å²) in [5.74, 6) is 0.885. The number of benzene rings is 1. The van der Waals surface area contributed by atoms with Crippen molar-refractivity contribution in [3.8, 4) is 11.3 Å². The summed E-state index contributed by atoms with van der Waals surface area (Å²) in [6.07, 6.45) is 5.03. The van der Waals surface area contributed by atoms with Gasteiger partial charge in [-0.25, -0.2) is 9.97 Å². The van der Waals surface area contributed by atoms with Crippen molar-refractivity contribution in [2.75, 3.05) is 18.0 Å². The number of anilines is 1. The summed E-state index contributed by atoms with van der Waals surface area (Å²) >= 11 is 12.6. The average Bonchev–Trinajstić information content (AvgIpc) is 3.10. The molecule has 1 saturated heterocycles. The Balaban J connectivity index is 1.48. The molecule has 1 N–H and O–H groups in total. The van der Waals surface area contributed by atoms with Gasteiger partial charge < -0.3 is 14.7 Å². The van der Waals surface area contributed by atoms with Crippen LogP contribution in [-0.2, 0) is 0 Å². The Hall–Kier alpha value is -2.64. The third-order valence-electron chi connectivity index (χ3n) is 4.95. The van der Waals surface area contributed by atoms with Crippen LogP contribution in [0.15, 0.2) is 41.2 Å². The highest BCUT2D eigenvalue weighted by Gasteiger charge is 2.28. The minimum atomic E-state index is -0.246. The van der Waals surface area contributed by atoms with E-state index in [-0.39, 0.29) is 11.9 Å². The molecule has 3 aromatic rings. The molecule has 7 nitrogen and oxygen atoms in total. The molecule has 1 aliphatic rings. The van der Waals surface area contributed by atoms with Gasteiger partial charge in [0.05, 0.1) is 10.0 Å². The quantitative estimate of drug-likeness (QED) is 0.667. The van der Waals surface area contributed by atoms with E-state index in [4.69, 9.17) is 27.7 Å². The number of aromatic nitrogens is 3. The third-order valence-corrected chi connectivity index (χ3v) is 5.58. The third kappa shape index (κ3) is 4.06. The summed E-state index contributed by atoms with van der Waals surface area (Å²) in [4.78, 5) is 23.7. The first-order chi connectivity index (χ1) is 14.0. The molecule has 3 heterocycles. The molecule has 0 aliphatic carbocycles. The lowest BCUT2D eigenvalue weighted by atomic mass is 10.0. The van der Waals surface area contributed by atoms with E-state index < -0.39 is 0 Å². The number of nitrogens with one attached hydrogen (secondary N) is 1. The molecule has 0 unspecified atom stereocenters. The van der Waals surface area contributed by atoms with Crippen molar-refractivity contribution in [2.45, 2.75) is 25.8 Å². The summed E-state index contributed by atoms with van der Waals surface area (Å²) in [7, 11) is 0. The maximum absolute atomic E-state index is 13.0. The van der Waals surface area contributed by atoms with Gasteiger partial charge in [0.15, 0.2) is 0 Å². The highest BCUT2D eigenvalue weighted by atomic mass is 35.5. The van der Waals surface area contributed by atoms with Crippen molar-refractivity contribution in [2.24, 2.45) is 0 Å². The van der Waals surface area contributed by atoms with Crippen LogP contribution in [0.3, 0.4) is 0 Å². The van der Waals surface area contributed by atoms with Gasteiger partial charge in [-0.05, 0) is 38.0 Å². The molecule has 9 heteroatoms. The molecule has 0 bridgehead atoms. The average molecular weight is 432 g/mol. The van der Waals surface area contributed by atoms with E-state index in [0.29, 0.717) is 38.6 Å². The standard InChI is InChI=1S/C20H19Cl2N5O2/c1-12-16(18(26-29-12)17-14(21)4-2-5-15(17)22)19(28)25-13-6-10-27(11-7-13)20-23-8-3-9-24-20/h2-5,8-9,13H,6-7,10-11H2,1H3,(H,25,28). The summed E-state index contributed by atoms with van der Waals surface area (Å²) in [5, 5.41) is 7.96. The number of hydrogen-bond acceptors (Lipinski definition) is 6. The van der Waals surface area contributed by atoms with E-state index in [1.807, 2.05) is 0 Å². The van der Waals surface area contributed by atoms with Crippen LogP contribution >= 0.6 is 23.2 Å². The SMILES string of the molecule is Cc1onc(-c2c(Cl)cccc2Cl)c1C(=O)NC1CCN(c2ncccn2)CC1. The number of rotatable bonds is 4. The monoisotopic (exact) mass is 431 g/mol. The van der Waals surface area contributed by atoms with Crippen LogP contribution in [0.1, 0.15) is 29.0 Å². The van der Waals surface area contributed by atoms with E-state index in [1.54, 1.807) is 43.6 Å². The van der Waals surface area contributed by atoms with Gasteiger partial charge in [-0.2, -0.15) is 0 Å². The Morgan fingerprint density at radius 1 is 1.14 bits per heavy atom. The van der Waals surface area contributed by atoms with Gasteiger partial charge in [-0.15, -0.1) is 0 Å². The van der Waals surface area contributed by atoms with E-state index in [0.717, 1.165) is 25.9 Å². The zero-order valence-corrected chi connectivity index (χ0v) is 17.2. The number of nitrogens with zero attached hydrogens (tertiary/aromatic N) is 4. The molecular weight excluding hydrogens is 413 g/mol. The normalized spacial score (nSPS) is 14.8. The fraction of sp³-hybridized carbons (Fsp3) is 0.300. The number of hydrogen-bond donors (Lipinski definition) is 1. The Labute approximate surface area is 178 Å². The number of carbonyl (C=O) groups excluding carboxylic acids is 1.